The second-order valence-electron chi connectivity index (χ2n) is 10.1. The lowest BCUT2D eigenvalue weighted by Crippen LogP contribution is -2.55. The van der Waals surface area contributed by atoms with Crippen molar-refractivity contribution >= 4 is 6.09 Å². The van der Waals surface area contributed by atoms with Gasteiger partial charge in [0.15, 0.2) is 0 Å². The zero-order chi connectivity index (χ0) is 21.5. The third-order valence-corrected chi connectivity index (χ3v) is 6.44. The summed E-state index contributed by atoms with van der Waals surface area (Å²) in [6.45, 7) is 13.4. The van der Waals surface area contributed by atoms with Crippen molar-refractivity contribution in [2.45, 2.75) is 109 Å². The molecule has 2 heterocycles. The highest BCUT2D eigenvalue weighted by atomic mass is 16.6. The first-order chi connectivity index (χ1) is 13.7. The van der Waals surface area contributed by atoms with Gasteiger partial charge >= 0.3 is 6.09 Å². The molecule has 1 unspecified atom stereocenters. The molecule has 0 aromatic heterocycles. The number of carbonyl (C=O) groups is 1. The van der Waals surface area contributed by atoms with Crippen LogP contribution in [0, 0.1) is 11.3 Å². The zero-order valence-corrected chi connectivity index (χ0v) is 19.3. The van der Waals surface area contributed by atoms with Crippen LogP contribution in [-0.4, -0.2) is 65.3 Å². The van der Waals surface area contributed by atoms with Crippen LogP contribution in [0.1, 0.15) is 86.0 Å². The molecule has 0 spiro atoms. The van der Waals surface area contributed by atoms with Gasteiger partial charge in [0.25, 0.3) is 0 Å². The third-order valence-electron chi connectivity index (χ3n) is 6.44. The first-order valence-electron chi connectivity index (χ1n) is 11.5. The normalized spacial score (nSPS) is 27.1. The van der Waals surface area contributed by atoms with E-state index in [1.54, 1.807) is 6.07 Å². The first-order valence-corrected chi connectivity index (χ1v) is 11.5. The number of likely N-dealkylation sites (tertiary alicyclic amines) is 2. The minimum atomic E-state index is -0.417. The summed E-state index contributed by atoms with van der Waals surface area (Å²) in [6.07, 6.45) is 10.3. The fourth-order valence-electron chi connectivity index (χ4n) is 4.87. The number of piperidine rings is 1. The van der Waals surface area contributed by atoms with Crippen molar-refractivity contribution in [3.63, 3.8) is 0 Å². The molecule has 2 aliphatic heterocycles. The van der Waals surface area contributed by atoms with Crippen molar-refractivity contribution in [1.82, 2.24) is 15.1 Å². The average molecular weight is 407 g/mol. The van der Waals surface area contributed by atoms with Crippen LogP contribution in [0.5, 0.6) is 0 Å². The molecule has 166 valence electrons. The SMILES string of the molecule is CC#N.CC(C)(C)OC(=O)N1CCC(C)(N2CCC(NC3CCCCC3)CC2)C1. The van der Waals surface area contributed by atoms with Gasteiger partial charge in [-0.05, 0) is 59.8 Å². The van der Waals surface area contributed by atoms with Crippen LogP contribution in [0.25, 0.3) is 0 Å². The number of nitrogens with one attached hydrogen (secondary N) is 1. The standard InChI is InChI=1S/C21H39N3O2.C2H3N/c1-20(2,3)26-19(25)23-15-12-21(4,16-23)24-13-10-18(11-14-24)22-17-8-6-5-7-9-17;1-2-3/h17-18,22H,5-16H2,1-4H3;1H3. The number of carbonyl (C=O) groups excluding carboxylic acids is 1. The fourth-order valence-corrected chi connectivity index (χ4v) is 4.87. The number of nitriles is 1. The third kappa shape index (κ3) is 7.46. The van der Waals surface area contributed by atoms with Crippen LogP contribution in [0.3, 0.4) is 0 Å². The molecule has 0 aromatic carbocycles. The van der Waals surface area contributed by atoms with Crippen LogP contribution in [0.2, 0.25) is 0 Å². The topological polar surface area (TPSA) is 68.6 Å². The molecular formula is C23H42N4O2. The number of ether oxygens (including phenoxy) is 1. The van der Waals surface area contributed by atoms with Crippen LogP contribution in [0.4, 0.5) is 4.79 Å². The molecule has 3 fully saturated rings. The molecule has 6 nitrogen and oxygen atoms in total. The van der Waals surface area contributed by atoms with Gasteiger partial charge in [-0.3, -0.25) is 4.90 Å². The van der Waals surface area contributed by atoms with Gasteiger partial charge in [0.2, 0.25) is 0 Å². The molecule has 6 heteroatoms. The zero-order valence-electron chi connectivity index (χ0n) is 19.3. The Morgan fingerprint density at radius 3 is 2.17 bits per heavy atom. The van der Waals surface area contributed by atoms with E-state index in [0.29, 0.717) is 6.04 Å². The monoisotopic (exact) mass is 406 g/mol. The molecule has 1 atom stereocenters. The summed E-state index contributed by atoms with van der Waals surface area (Å²) >= 11 is 0. The van der Waals surface area contributed by atoms with E-state index in [2.05, 4.69) is 17.1 Å². The van der Waals surface area contributed by atoms with Gasteiger partial charge in [0.05, 0.1) is 6.07 Å². The summed E-state index contributed by atoms with van der Waals surface area (Å²) in [5.74, 6) is 0. The Kier molecular flexibility index (Phi) is 8.78. The minimum absolute atomic E-state index is 0.104. The van der Waals surface area contributed by atoms with E-state index in [-0.39, 0.29) is 11.6 Å². The molecule has 29 heavy (non-hydrogen) atoms. The largest absolute Gasteiger partial charge is 0.444 e. The van der Waals surface area contributed by atoms with Crippen LogP contribution in [0.15, 0.2) is 0 Å². The summed E-state index contributed by atoms with van der Waals surface area (Å²) in [6, 6.07) is 3.19. The molecule has 3 rings (SSSR count). The summed E-state index contributed by atoms with van der Waals surface area (Å²) in [5, 5.41) is 11.2. The highest BCUT2D eigenvalue weighted by molar-refractivity contribution is 5.68. The number of hydrogen-bond acceptors (Lipinski definition) is 5. The van der Waals surface area contributed by atoms with Gasteiger partial charge in [0.1, 0.15) is 5.60 Å². The van der Waals surface area contributed by atoms with Crippen molar-refractivity contribution in [1.29, 1.82) is 5.26 Å². The average Bonchev–Trinajstić information content (AvgIpc) is 3.06. The van der Waals surface area contributed by atoms with Crippen molar-refractivity contribution in [3.05, 3.63) is 0 Å². The lowest BCUT2D eigenvalue weighted by Gasteiger charge is -2.43. The molecule has 0 aromatic rings. The molecule has 2 saturated heterocycles. The van der Waals surface area contributed by atoms with Crippen molar-refractivity contribution in [2.75, 3.05) is 26.2 Å². The Bertz CT molecular complexity index is 554. The Morgan fingerprint density at radius 1 is 1.07 bits per heavy atom. The van der Waals surface area contributed by atoms with Crippen molar-refractivity contribution in [3.8, 4) is 6.07 Å². The second kappa shape index (κ2) is 10.6. The molecule has 1 N–H and O–H groups in total. The van der Waals surface area contributed by atoms with E-state index in [9.17, 15) is 4.79 Å². The number of hydrogen-bond donors (Lipinski definition) is 1. The number of amides is 1. The Balaban J connectivity index is 0.000000941. The lowest BCUT2D eigenvalue weighted by molar-refractivity contribution is 0.0224. The predicted molar refractivity (Wildman–Crippen MR) is 117 cm³/mol. The van der Waals surface area contributed by atoms with Crippen molar-refractivity contribution in [2.24, 2.45) is 0 Å². The van der Waals surface area contributed by atoms with E-state index in [1.807, 2.05) is 25.7 Å². The van der Waals surface area contributed by atoms with Gasteiger partial charge in [-0.2, -0.15) is 5.26 Å². The second-order valence-corrected chi connectivity index (χ2v) is 10.1. The van der Waals surface area contributed by atoms with E-state index in [4.69, 9.17) is 10.00 Å². The Labute approximate surface area is 177 Å². The molecule has 0 radical (unpaired) electrons. The Hall–Kier alpha value is -1.32. The minimum Gasteiger partial charge on any atom is -0.444 e. The van der Waals surface area contributed by atoms with Crippen molar-refractivity contribution < 1.29 is 9.53 Å². The molecule has 1 saturated carbocycles. The van der Waals surface area contributed by atoms with Gasteiger partial charge in [-0.15, -0.1) is 0 Å². The highest BCUT2D eigenvalue weighted by Gasteiger charge is 2.42. The number of nitrogens with zero attached hydrogens (tertiary/aromatic N) is 3. The maximum Gasteiger partial charge on any atom is 0.410 e. The lowest BCUT2D eigenvalue weighted by atomic mass is 9.91. The highest BCUT2D eigenvalue weighted by Crippen LogP contribution is 2.31. The van der Waals surface area contributed by atoms with E-state index >= 15 is 0 Å². The quantitative estimate of drug-likeness (QED) is 0.757. The van der Waals surface area contributed by atoms with Crippen LogP contribution < -0.4 is 5.32 Å². The Morgan fingerprint density at radius 2 is 1.62 bits per heavy atom. The maximum absolute atomic E-state index is 12.4. The number of rotatable bonds is 3. The molecule has 3 aliphatic rings. The van der Waals surface area contributed by atoms with Gasteiger partial charge < -0.3 is 15.0 Å². The van der Waals surface area contributed by atoms with Gasteiger partial charge in [-0.1, -0.05) is 19.3 Å². The van der Waals surface area contributed by atoms with E-state index in [1.165, 1.54) is 51.9 Å². The van der Waals surface area contributed by atoms with Crippen LogP contribution in [-0.2, 0) is 4.74 Å². The predicted octanol–water partition coefficient (Wildman–Crippen LogP) is 4.30. The smallest absolute Gasteiger partial charge is 0.410 e. The summed E-state index contributed by atoms with van der Waals surface area (Å²) < 4.78 is 5.56. The van der Waals surface area contributed by atoms with Gasteiger partial charge in [-0.25, -0.2) is 4.79 Å². The van der Waals surface area contributed by atoms with Gasteiger partial charge in [0, 0.05) is 50.7 Å². The fraction of sp³-hybridized carbons (Fsp3) is 0.913. The molecule has 0 bridgehead atoms. The first kappa shape index (κ1) is 24.0. The van der Waals surface area contributed by atoms with Crippen LogP contribution >= 0.6 is 0 Å². The molecule has 1 aliphatic carbocycles. The summed E-state index contributed by atoms with van der Waals surface area (Å²) in [4.78, 5) is 16.9. The summed E-state index contributed by atoms with van der Waals surface area (Å²) in [5.41, 5.74) is -0.314. The summed E-state index contributed by atoms with van der Waals surface area (Å²) in [7, 11) is 0. The van der Waals surface area contributed by atoms with E-state index < -0.39 is 5.60 Å². The maximum atomic E-state index is 12.4. The molecule has 1 amide bonds. The molecular weight excluding hydrogens is 364 g/mol. The van der Waals surface area contributed by atoms with E-state index in [0.717, 1.165) is 38.6 Å².